The van der Waals surface area contributed by atoms with Crippen LogP contribution in [0.5, 0.6) is 0 Å². The van der Waals surface area contributed by atoms with Gasteiger partial charge >= 0.3 is 0 Å². The number of aromatic nitrogens is 3. The van der Waals surface area contributed by atoms with E-state index in [0.717, 1.165) is 23.7 Å². The van der Waals surface area contributed by atoms with Crippen molar-refractivity contribution in [2.24, 2.45) is 0 Å². The summed E-state index contributed by atoms with van der Waals surface area (Å²) in [6.45, 7) is 0.690. The number of hydrogen-bond donors (Lipinski definition) is 1. The van der Waals surface area contributed by atoms with Crippen LogP contribution in [-0.2, 0) is 11.3 Å². The average molecular weight is 300 g/mol. The van der Waals surface area contributed by atoms with Gasteiger partial charge in [0.05, 0.1) is 5.02 Å². The van der Waals surface area contributed by atoms with E-state index in [4.69, 9.17) is 21.5 Å². The lowest BCUT2D eigenvalue weighted by Crippen LogP contribution is -2.01. The predicted octanol–water partition coefficient (Wildman–Crippen LogP) is 2.66. The first kappa shape index (κ1) is 15.5. The van der Waals surface area contributed by atoms with E-state index in [2.05, 4.69) is 20.8 Å². The van der Waals surface area contributed by atoms with Crippen LogP contribution < -0.4 is 0 Å². The zero-order chi connectivity index (χ0) is 14.1. The molecule has 2 rings (SSSR count). The normalized spacial score (nSPS) is 9.58. The zero-order valence-corrected chi connectivity index (χ0v) is 11.9. The molecular formula is C12H14ClN3O2S. The highest BCUT2D eigenvalue weighted by molar-refractivity contribution is 7.98. The van der Waals surface area contributed by atoms with E-state index in [1.807, 2.05) is 24.0 Å². The largest absolute Gasteiger partial charge is 0.483 e. The summed E-state index contributed by atoms with van der Waals surface area (Å²) in [4.78, 5) is 16.7. The van der Waals surface area contributed by atoms with Crippen molar-refractivity contribution in [2.75, 3.05) is 12.0 Å². The van der Waals surface area contributed by atoms with Crippen molar-refractivity contribution >= 4 is 29.8 Å². The maximum Gasteiger partial charge on any atom is 0.290 e. The van der Waals surface area contributed by atoms with Crippen molar-refractivity contribution in [3.05, 3.63) is 35.9 Å². The molecule has 0 bridgehead atoms. The molecule has 0 aliphatic rings. The molecule has 5 nitrogen and oxygen atoms in total. The van der Waals surface area contributed by atoms with E-state index in [-0.39, 0.29) is 6.47 Å². The van der Waals surface area contributed by atoms with Crippen LogP contribution in [0.1, 0.15) is 0 Å². The van der Waals surface area contributed by atoms with Crippen molar-refractivity contribution in [3.8, 4) is 11.4 Å². The van der Waals surface area contributed by atoms with Crippen molar-refractivity contribution < 1.29 is 9.90 Å². The van der Waals surface area contributed by atoms with Crippen LogP contribution in [0.15, 0.2) is 30.9 Å². The van der Waals surface area contributed by atoms with E-state index >= 15 is 0 Å². The fourth-order valence-electron chi connectivity index (χ4n) is 1.48. The summed E-state index contributed by atoms with van der Waals surface area (Å²) in [5, 5.41) is 7.53. The number of carbonyl (C=O) groups is 1. The highest BCUT2D eigenvalue weighted by Gasteiger charge is 2.08. The molecule has 0 atom stereocenters. The molecule has 0 fully saturated rings. The Morgan fingerprint density at radius 3 is 2.89 bits per heavy atom. The Balaban J connectivity index is 0.000000550. The number of hydrogen-bond acceptors (Lipinski definition) is 4. The maximum absolute atomic E-state index is 8.36. The molecular weight excluding hydrogens is 286 g/mol. The minimum Gasteiger partial charge on any atom is -0.483 e. The smallest absolute Gasteiger partial charge is 0.290 e. The van der Waals surface area contributed by atoms with Gasteiger partial charge in [-0.15, -0.1) is 0 Å². The zero-order valence-electron chi connectivity index (χ0n) is 10.4. The summed E-state index contributed by atoms with van der Waals surface area (Å²) in [5.41, 5.74) is 0.933. The lowest BCUT2D eigenvalue weighted by Gasteiger charge is -2.07. The fraction of sp³-hybridized carbons (Fsp3) is 0.250. The summed E-state index contributed by atoms with van der Waals surface area (Å²) in [5.74, 6) is 1.97. The van der Waals surface area contributed by atoms with Crippen LogP contribution in [0.3, 0.4) is 0 Å². The molecule has 102 valence electrons. The van der Waals surface area contributed by atoms with Gasteiger partial charge in [-0.3, -0.25) is 9.78 Å². The molecule has 2 aromatic heterocycles. The summed E-state index contributed by atoms with van der Waals surface area (Å²) in [7, 11) is 0. The fourth-order valence-corrected chi connectivity index (χ4v) is 2.06. The van der Waals surface area contributed by atoms with Gasteiger partial charge < -0.3 is 9.67 Å². The molecule has 0 aliphatic carbocycles. The molecule has 0 saturated carbocycles. The topological polar surface area (TPSA) is 68.0 Å². The van der Waals surface area contributed by atoms with E-state index in [0.29, 0.717) is 5.02 Å². The second-order valence-electron chi connectivity index (χ2n) is 3.40. The third kappa shape index (κ3) is 4.57. The van der Waals surface area contributed by atoms with E-state index in [9.17, 15) is 0 Å². The van der Waals surface area contributed by atoms with Gasteiger partial charge in [0.15, 0.2) is 0 Å². The van der Waals surface area contributed by atoms with Gasteiger partial charge in [-0.05, 0) is 12.3 Å². The molecule has 0 amide bonds. The monoisotopic (exact) mass is 299 g/mol. The molecule has 0 saturated heterocycles. The van der Waals surface area contributed by atoms with Crippen LogP contribution >= 0.6 is 23.4 Å². The molecule has 0 aromatic carbocycles. The van der Waals surface area contributed by atoms with E-state index in [1.165, 1.54) is 0 Å². The lowest BCUT2D eigenvalue weighted by atomic mass is 10.2. The molecule has 2 aromatic rings. The van der Waals surface area contributed by atoms with Crippen molar-refractivity contribution in [3.63, 3.8) is 0 Å². The van der Waals surface area contributed by atoms with Crippen LogP contribution in [0.4, 0.5) is 0 Å². The SMILES string of the molecule is CSCCn1ccnc1-c1ccncc1Cl.O=CO. The second kappa shape index (κ2) is 8.55. The number of rotatable bonds is 4. The Kier molecular flexibility index (Phi) is 6.99. The Morgan fingerprint density at radius 2 is 2.26 bits per heavy atom. The summed E-state index contributed by atoms with van der Waals surface area (Å²) in [6, 6.07) is 1.89. The minimum atomic E-state index is -0.250. The van der Waals surface area contributed by atoms with Gasteiger partial charge in [-0.25, -0.2) is 4.98 Å². The Bertz CT molecular complexity index is 519. The number of aryl methyl sites for hydroxylation is 1. The van der Waals surface area contributed by atoms with Gasteiger partial charge in [0.25, 0.3) is 6.47 Å². The first-order valence-corrected chi connectivity index (χ1v) is 7.19. The molecule has 0 radical (unpaired) electrons. The minimum absolute atomic E-state index is 0.250. The first-order valence-electron chi connectivity index (χ1n) is 5.42. The van der Waals surface area contributed by atoms with E-state index < -0.39 is 0 Å². The molecule has 0 unspecified atom stereocenters. The van der Waals surface area contributed by atoms with Crippen molar-refractivity contribution in [2.45, 2.75) is 6.54 Å². The molecule has 2 heterocycles. The Hall–Kier alpha value is -1.53. The number of thioether (sulfide) groups is 1. The standard InChI is InChI=1S/C11H12ClN3S.CH2O2/c1-16-7-6-15-5-4-14-11(15)9-2-3-13-8-10(9)12;2-1-3/h2-5,8H,6-7H2,1H3;1H,(H,2,3). The highest BCUT2D eigenvalue weighted by Crippen LogP contribution is 2.25. The summed E-state index contributed by atoms with van der Waals surface area (Å²) in [6.07, 6.45) is 9.24. The molecule has 7 heteroatoms. The molecule has 1 N–H and O–H groups in total. The highest BCUT2D eigenvalue weighted by atomic mass is 35.5. The van der Waals surface area contributed by atoms with Crippen LogP contribution in [0, 0.1) is 0 Å². The van der Waals surface area contributed by atoms with Gasteiger partial charge in [0.1, 0.15) is 5.82 Å². The van der Waals surface area contributed by atoms with E-state index in [1.54, 1.807) is 18.6 Å². The Labute approximate surface area is 120 Å². The van der Waals surface area contributed by atoms with Gasteiger partial charge in [-0.1, -0.05) is 11.6 Å². The number of carboxylic acid groups (broad SMARTS) is 1. The molecule has 0 spiro atoms. The third-order valence-corrected chi connectivity index (χ3v) is 3.16. The quantitative estimate of drug-likeness (QED) is 0.879. The van der Waals surface area contributed by atoms with Gasteiger partial charge in [0, 0.05) is 42.6 Å². The van der Waals surface area contributed by atoms with Crippen LogP contribution in [0.25, 0.3) is 11.4 Å². The summed E-state index contributed by atoms with van der Waals surface area (Å²) >= 11 is 7.91. The van der Waals surface area contributed by atoms with Crippen molar-refractivity contribution in [1.29, 1.82) is 0 Å². The van der Waals surface area contributed by atoms with Crippen molar-refractivity contribution in [1.82, 2.24) is 14.5 Å². The number of pyridine rings is 1. The Morgan fingerprint density at radius 1 is 1.53 bits per heavy atom. The summed E-state index contributed by atoms with van der Waals surface area (Å²) < 4.78 is 2.11. The number of halogens is 1. The molecule has 0 aliphatic heterocycles. The van der Waals surface area contributed by atoms with Gasteiger partial charge in [0.2, 0.25) is 0 Å². The number of nitrogens with zero attached hydrogens (tertiary/aromatic N) is 3. The predicted molar refractivity (Wildman–Crippen MR) is 77.5 cm³/mol. The first-order chi connectivity index (χ1) is 9.24. The second-order valence-corrected chi connectivity index (χ2v) is 4.79. The van der Waals surface area contributed by atoms with Crippen LogP contribution in [0.2, 0.25) is 5.02 Å². The lowest BCUT2D eigenvalue weighted by molar-refractivity contribution is -0.122. The maximum atomic E-state index is 8.36. The third-order valence-electron chi connectivity index (χ3n) is 2.27. The molecule has 19 heavy (non-hydrogen) atoms. The van der Waals surface area contributed by atoms with Gasteiger partial charge in [-0.2, -0.15) is 11.8 Å². The number of imidazole rings is 1. The average Bonchev–Trinajstić information content (AvgIpc) is 2.86. The van der Waals surface area contributed by atoms with Crippen LogP contribution in [-0.4, -0.2) is 38.1 Å².